The highest BCUT2D eigenvalue weighted by atomic mass is 16.5. The molecule has 0 saturated heterocycles. The van der Waals surface area contributed by atoms with E-state index in [2.05, 4.69) is 11.1 Å². The van der Waals surface area contributed by atoms with Crippen LogP contribution in [0.5, 0.6) is 0 Å². The molecule has 1 aliphatic rings. The molecule has 4 heteroatoms. The third-order valence-corrected chi connectivity index (χ3v) is 3.16. The lowest BCUT2D eigenvalue weighted by Gasteiger charge is -2.21. The molecule has 0 aromatic heterocycles. The highest BCUT2D eigenvalue weighted by Gasteiger charge is 2.30. The number of ether oxygens (including phenoxy) is 1. The van der Waals surface area contributed by atoms with Crippen LogP contribution in [-0.2, 0) is 16.0 Å². The molecular weight excluding hydrogens is 228 g/mol. The third kappa shape index (κ3) is 2.43. The van der Waals surface area contributed by atoms with Gasteiger partial charge in [-0.3, -0.25) is 9.79 Å². The molecule has 1 aromatic rings. The number of fused-ring (bicyclic) bond motifs is 1. The summed E-state index contributed by atoms with van der Waals surface area (Å²) in [4.78, 5) is 17.9. The topological polar surface area (TPSA) is 41.9 Å². The quantitative estimate of drug-likeness (QED) is 0.766. The predicted octanol–water partition coefficient (Wildman–Crippen LogP) is 2.03. The number of rotatable bonds is 3. The van der Waals surface area contributed by atoms with Gasteiger partial charge in [0.05, 0.1) is 6.04 Å². The van der Waals surface area contributed by atoms with Gasteiger partial charge in [0.2, 0.25) is 5.91 Å². The lowest BCUT2D eigenvalue weighted by molar-refractivity contribution is -0.116. The van der Waals surface area contributed by atoms with E-state index in [-0.39, 0.29) is 18.2 Å². The number of carbonyl (C=O) groups is 1. The molecule has 0 bridgehead atoms. The van der Waals surface area contributed by atoms with Crippen LogP contribution < -0.4 is 4.90 Å². The van der Waals surface area contributed by atoms with Crippen molar-refractivity contribution >= 4 is 17.8 Å². The van der Waals surface area contributed by atoms with Crippen molar-refractivity contribution in [2.45, 2.75) is 32.5 Å². The Morgan fingerprint density at radius 1 is 1.56 bits per heavy atom. The standard InChI is InChI=1S/C14H18N2O2/c1-10(18-3)15-9-13-8-12-6-4-5-7-14(12)16(13)11(2)17/h4-7,9-10,13H,8H2,1-3H3/b15-9-/t10?,13-/m0/s1. The zero-order valence-electron chi connectivity index (χ0n) is 11.0. The Balaban J connectivity index is 2.24. The fourth-order valence-corrected chi connectivity index (χ4v) is 2.22. The number of aliphatic imine (C=N–C) groups is 1. The van der Waals surface area contributed by atoms with Crippen molar-refractivity contribution in [3.05, 3.63) is 29.8 Å². The van der Waals surface area contributed by atoms with Crippen molar-refractivity contribution in [3.8, 4) is 0 Å². The van der Waals surface area contributed by atoms with Crippen LogP contribution in [0.4, 0.5) is 5.69 Å². The van der Waals surface area contributed by atoms with E-state index in [4.69, 9.17) is 4.74 Å². The minimum atomic E-state index is -0.178. The zero-order valence-corrected chi connectivity index (χ0v) is 11.0. The second kappa shape index (κ2) is 5.31. The first kappa shape index (κ1) is 12.8. The maximum atomic E-state index is 11.8. The van der Waals surface area contributed by atoms with Crippen LogP contribution in [0.2, 0.25) is 0 Å². The number of anilines is 1. The average Bonchev–Trinajstić information content (AvgIpc) is 2.74. The van der Waals surface area contributed by atoms with E-state index in [0.717, 1.165) is 12.1 Å². The van der Waals surface area contributed by atoms with Crippen molar-refractivity contribution in [2.24, 2.45) is 4.99 Å². The number of para-hydroxylation sites is 1. The Bertz CT molecular complexity index is 471. The van der Waals surface area contributed by atoms with Crippen LogP contribution in [0.25, 0.3) is 0 Å². The number of benzene rings is 1. The van der Waals surface area contributed by atoms with Gasteiger partial charge in [-0.1, -0.05) is 18.2 Å². The van der Waals surface area contributed by atoms with Gasteiger partial charge in [-0.25, -0.2) is 0 Å². The number of amides is 1. The van der Waals surface area contributed by atoms with E-state index in [9.17, 15) is 4.79 Å². The Hall–Kier alpha value is -1.68. The predicted molar refractivity (Wildman–Crippen MR) is 72.1 cm³/mol. The molecular formula is C14H18N2O2. The molecule has 1 aromatic carbocycles. The fraction of sp³-hybridized carbons (Fsp3) is 0.429. The molecule has 0 spiro atoms. The number of hydrogen-bond donors (Lipinski definition) is 0. The molecule has 0 radical (unpaired) electrons. The summed E-state index contributed by atoms with van der Waals surface area (Å²) in [5, 5.41) is 0. The van der Waals surface area contributed by atoms with E-state index in [1.807, 2.05) is 31.3 Å². The van der Waals surface area contributed by atoms with E-state index in [0.29, 0.717) is 0 Å². The zero-order chi connectivity index (χ0) is 13.1. The third-order valence-electron chi connectivity index (χ3n) is 3.16. The molecule has 2 rings (SSSR count). The number of hydrogen-bond acceptors (Lipinski definition) is 3. The molecule has 0 N–H and O–H groups in total. The van der Waals surface area contributed by atoms with Crippen molar-refractivity contribution in [1.82, 2.24) is 0 Å². The van der Waals surface area contributed by atoms with Gasteiger partial charge in [0.25, 0.3) is 0 Å². The normalized spacial score (nSPS) is 20.2. The lowest BCUT2D eigenvalue weighted by Crippen LogP contribution is -2.37. The molecule has 4 nitrogen and oxygen atoms in total. The van der Waals surface area contributed by atoms with Crippen LogP contribution in [0.3, 0.4) is 0 Å². The van der Waals surface area contributed by atoms with Gasteiger partial charge >= 0.3 is 0 Å². The summed E-state index contributed by atoms with van der Waals surface area (Å²) in [7, 11) is 1.62. The van der Waals surface area contributed by atoms with Gasteiger partial charge in [0.1, 0.15) is 6.23 Å². The van der Waals surface area contributed by atoms with Gasteiger partial charge in [0.15, 0.2) is 0 Å². The highest BCUT2D eigenvalue weighted by Crippen LogP contribution is 2.31. The summed E-state index contributed by atoms with van der Waals surface area (Å²) in [6.45, 7) is 3.46. The Labute approximate surface area is 107 Å². The Kier molecular flexibility index (Phi) is 3.77. The SMILES string of the molecule is COC(C)/N=C\[C@@H]1Cc2ccccc2N1C(C)=O. The maximum Gasteiger partial charge on any atom is 0.224 e. The molecule has 1 unspecified atom stereocenters. The first-order valence-electron chi connectivity index (χ1n) is 6.07. The lowest BCUT2D eigenvalue weighted by atomic mass is 10.1. The van der Waals surface area contributed by atoms with Gasteiger partial charge in [-0.05, 0) is 18.6 Å². The summed E-state index contributed by atoms with van der Waals surface area (Å²) >= 11 is 0. The van der Waals surface area contributed by atoms with Crippen molar-refractivity contribution in [1.29, 1.82) is 0 Å². The summed E-state index contributed by atoms with van der Waals surface area (Å²) in [6, 6.07) is 7.97. The fourth-order valence-electron chi connectivity index (χ4n) is 2.22. The number of nitrogens with zero attached hydrogens (tertiary/aromatic N) is 2. The molecule has 1 amide bonds. The summed E-state index contributed by atoms with van der Waals surface area (Å²) in [5.74, 6) is 0.0430. The van der Waals surface area contributed by atoms with Crippen molar-refractivity contribution in [3.63, 3.8) is 0 Å². The van der Waals surface area contributed by atoms with E-state index in [1.54, 1.807) is 18.9 Å². The molecule has 0 saturated carbocycles. The maximum absolute atomic E-state index is 11.8. The first-order chi connectivity index (χ1) is 8.63. The summed E-state index contributed by atoms with van der Waals surface area (Å²) < 4.78 is 5.08. The second-order valence-corrected chi connectivity index (χ2v) is 4.42. The molecule has 1 aliphatic heterocycles. The van der Waals surface area contributed by atoms with Gasteiger partial charge < -0.3 is 9.64 Å². The average molecular weight is 246 g/mol. The van der Waals surface area contributed by atoms with E-state index in [1.165, 1.54) is 5.56 Å². The second-order valence-electron chi connectivity index (χ2n) is 4.42. The van der Waals surface area contributed by atoms with Gasteiger partial charge in [0, 0.05) is 32.4 Å². The molecule has 96 valence electrons. The molecule has 0 aliphatic carbocycles. The van der Waals surface area contributed by atoms with Gasteiger partial charge in [-0.2, -0.15) is 0 Å². The highest BCUT2D eigenvalue weighted by molar-refractivity contribution is 5.99. The molecule has 1 heterocycles. The number of carbonyl (C=O) groups excluding carboxylic acids is 1. The van der Waals surface area contributed by atoms with Crippen LogP contribution >= 0.6 is 0 Å². The molecule has 18 heavy (non-hydrogen) atoms. The first-order valence-corrected chi connectivity index (χ1v) is 6.07. The van der Waals surface area contributed by atoms with E-state index < -0.39 is 0 Å². The smallest absolute Gasteiger partial charge is 0.224 e. The minimum absolute atomic E-state index is 0.00231. The summed E-state index contributed by atoms with van der Waals surface area (Å²) in [5.41, 5.74) is 2.18. The van der Waals surface area contributed by atoms with E-state index >= 15 is 0 Å². The van der Waals surface area contributed by atoms with Crippen LogP contribution in [0, 0.1) is 0 Å². The van der Waals surface area contributed by atoms with Crippen LogP contribution in [0.15, 0.2) is 29.3 Å². The number of methoxy groups -OCH3 is 1. The van der Waals surface area contributed by atoms with Crippen molar-refractivity contribution in [2.75, 3.05) is 12.0 Å². The van der Waals surface area contributed by atoms with Crippen molar-refractivity contribution < 1.29 is 9.53 Å². The minimum Gasteiger partial charge on any atom is -0.360 e. The summed E-state index contributed by atoms with van der Waals surface area (Å²) in [6.07, 6.45) is 2.45. The Morgan fingerprint density at radius 3 is 2.94 bits per heavy atom. The monoisotopic (exact) mass is 246 g/mol. The molecule has 2 atom stereocenters. The Morgan fingerprint density at radius 2 is 2.28 bits per heavy atom. The van der Waals surface area contributed by atoms with Gasteiger partial charge in [-0.15, -0.1) is 0 Å². The van der Waals surface area contributed by atoms with Crippen LogP contribution in [0.1, 0.15) is 19.4 Å². The largest absolute Gasteiger partial charge is 0.360 e. The molecule has 0 fully saturated rings. The van der Waals surface area contributed by atoms with Crippen LogP contribution in [-0.4, -0.2) is 31.5 Å².